The second-order valence-corrected chi connectivity index (χ2v) is 11.0. The second kappa shape index (κ2) is 9.68. The SMILES string of the molecule is O=S(=O)(Oc1ccc(-c2ccc(OS(=O)(=O)c3ccc(Cl)cc3)cc2)cc1)c1ccc(Cl)cc1. The standard InChI is InChI=1S/C24H16Cl2O6S2/c25-19-5-13-23(14-6-19)33(27,28)31-21-9-1-17(2-10-21)18-3-11-22(12-4-18)32-34(29,30)24-15-7-20(26)8-16-24/h1-16H. The fourth-order valence-corrected chi connectivity index (χ4v) is 5.07. The molecule has 0 aliphatic carbocycles. The van der Waals surface area contributed by atoms with Crippen molar-refractivity contribution in [1.82, 2.24) is 0 Å². The molecule has 0 bridgehead atoms. The third-order valence-corrected chi connectivity index (χ3v) is 7.69. The molecular formula is C24H16Cl2O6S2. The highest BCUT2D eigenvalue weighted by Gasteiger charge is 2.18. The van der Waals surface area contributed by atoms with E-state index in [-0.39, 0.29) is 21.3 Å². The summed E-state index contributed by atoms with van der Waals surface area (Å²) in [4.78, 5) is -0.0183. The highest BCUT2D eigenvalue weighted by atomic mass is 35.5. The minimum atomic E-state index is -4.00. The van der Waals surface area contributed by atoms with Crippen molar-refractivity contribution in [2.24, 2.45) is 0 Å². The summed E-state index contributed by atoms with van der Waals surface area (Å²) in [5, 5.41) is 0.838. The van der Waals surface area contributed by atoms with Crippen LogP contribution in [0.1, 0.15) is 0 Å². The van der Waals surface area contributed by atoms with Gasteiger partial charge < -0.3 is 8.37 Å². The average Bonchev–Trinajstić information content (AvgIpc) is 2.80. The summed E-state index contributed by atoms with van der Waals surface area (Å²) in [6.45, 7) is 0. The van der Waals surface area contributed by atoms with Gasteiger partial charge in [0.05, 0.1) is 0 Å². The maximum absolute atomic E-state index is 12.4. The first kappa shape index (κ1) is 24.1. The van der Waals surface area contributed by atoms with Crippen molar-refractivity contribution in [2.75, 3.05) is 0 Å². The van der Waals surface area contributed by atoms with Gasteiger partial charge in [-0.1, -0.05) is 47.5 Å². The van der Waals surface area contributed by atoms with Crippen LogP contribution >= 0.6 is 23.2 Å². The fraction of sp³-hybridized carbons (Fsp3) is 0. The molecule has 4 aromatic carbocycles. The van der Waals surface area contributed by atoms with Crippen molar-refractivity contribution >= 4 is 43.4 Å². The zero-order chi connectivity index (χ0) is 24.3. The Morgan fingerprint density at radius 1 is 0.441 bits per heavy atom. The minimum absolute atomic E-state index is 0.00915. The Labute approximate surface area is 207 Å². The molecule has 0 saturated heterocycles. The van der Waals surface area contributed by atoms with E-state index in [4.69, 9.17) is 31.6 Å². The van der Waals surface area contributed by atoms with Gasteiger partial charge in [0.2, 0.25) is 0 Å². The van der Waals surface area contributed by atoms with E-state index in [9.17, 15) is 16.8 Å². The first-order valence-corrected chi connectivity index (χ1v) is 13.3. The molecule has 0 saturated carbocycles. The quantitative estimate of drug-likeness (QED) is 0.262. The fourth-order valence-electron chi connectivity index (χ4n) is 2.96. The minimum Gasteiger partial charge on any atom is -0.379 e. The molecule has 0 amide bonds. The Balaban J connectivity index is 1.46. The maximum Gasteiger partial charge on any atom is 0.339 e. The van der Waals surface area contributed by atoms with E-state index >= 15 is 0 Å². The normalized spacial score (nSPS) is 11.7. The van der Waals surface area contributed by atoms with Gasteiger partial charge in [-0.25, -0.2) is 0 Å². The Morgan fingerprint density at radius 3 is 1.03 bits per heavy atom. The summed E-state index contributed by atoms with van der Waals surface area (Å²) in [6.07, 6.45) is 0. The highest BCUT2D eigenvalue weighted by molar-refractivity contribution is 7.87. The van der Waals surface area contributed by atoms with Crippen molar-refractivity contribution < 1.29 is 25.2 Å². The van der Waals surface area contributed by atoms with E-state index in [0.717, 1.165) is 11.1 Å². The third kappa shape index (κ3) is 5.71. The van der Waals surface area contributed by atoms with Crippen molar-refractivity contribution in [3.05, 3.63) is 107 Å². The lowest BCUT2D eigenvalue weighted by molar-refractivity contribution is 0.484. The molecule has 0 aliphatic heterocycles. The molecule has 0 radical (unpaired) electrons. The van der Waals surface area contributed by atoms with Crippen molar-refractivity contribution in [3.8, 4) is 22.6 Å². The van der Waals surface area contributed by atoms with E-state index < -0.39 is 20.2 Å². The number of rotatable bonds is 7. The lowest BCUT2D eigenvalue weighted by Gasteiger charge is -2.09. The van der Waals surface area contributed by atoms with Crippen molar-refractivity contribution in [2.45, 2.75) is 9.79 Å². The topological polar surface area (TPSA) is 86.7 Å². The average molecular weight is 535 g/mol. The summed E-state index contributed by atoms with van der Waals surface area (Å²) < 4.78 is 60.0. The zero-order valence-corrected chi connectivity index (χ0v) is 20.4. The van der Waals surface area contributed by atoms with Crippen LogP contribution in [0.15, 0.2) is 107 Å². The lowest BCUT2D eigenvalue weighted by atomic mass is 10.1. The lowest BCUT2D eigenvalue weighted by Crippen LogP contribution is -2.09. The Bertz CT molecular complexity index is 1380. The molecule has 34 heavy (non-hydrogen) atoms. The Hall–Kier alpha value is -3.04. The largest absolute Gasteiger partial charge is 0.379 e. The van der Waals surface area contributed by atoms with Crippen LogP contribution in [-0.4, -0.2) is 16.8 Å². The van der Waals surface area contributed by atoms with Crippen LogP contribution in [0.5, 0.6) is 11.5 Å². The smallest absolute Gasteiger partial charge is 0.339 e. The molecule has 0 aliphatic rings. The molecule has 0 spiro atoms. The van der Waals surface area contributed by atoms with Crippen molar-refractivity contribution in [1.29, 1.82) is 0 Å². The van der Waals surface area contributed by atoms with E-state index in [1.807, 2.05) is 0 Å². The van der Waals surface area contributed by atoms with Gasteiger partial charge in [-0.3, -0.25) is 0 Å². The highest BCUT2D eigenvalue weighted by Crippen LogP contribution is 2.28. The van der Waals surface area contributed by atoms with Gasteiger partial charge in [0.15, 0.2) is 0 Å². The first-order chi connectivity index (χ1) is 16.1. The van der Waals surface area contributed by atoms with Gasteiger partial charge >= 0.3 is 20.2 Å². The van der Waals surface area contributed by atoms with Crippen LogP contribution in [0.4, 0.5) is 0 Å². The molecule has 6 nitrogen and oxygen atoms in total. The number of halogens is 2. The molecular weight excluding hydrogens is 519 g/mol. The van der Waals surface area contributed by atoms with Crippen LogP contribution in [0.2, 0.25) is 10.0 Å². The Morgan fingerprint density at radius 2 is 0.735 bits per heavy atom. The summed E-state index contributed by atoms with van der Waals surface area (Å²) >= 11 is 11.6. The van der Waals surface area contributed by atoms with E-state index in [1.54, 1.807) is 24.3 Å². The summed E-state index contributed by atoms with van der Waals surface area (Å²) in [7, 11) is -7.99. The number of benzene rings is 4. The molecule has 0 N–H and O–H groups in total. The molecule has 4 aromatic rings. The monoisotopic (exact) mass is 534 g/mol. The summed E-state index contributed by atoms with van der Waals surface area (Å²) in [5.74, 6) is 0.292. The number of hydrogen-bond donors (Lipinski definition) is 0. The molecule has 0 fully saturated rings. The van der Waals surface area contributed by atoms with Gasteiger partial charge in [0.1, 0.15) is 21.3 Å². The number of hydrogen-bond acceptors (Lipinski definition) is 6. The van der Waals surface area contributed by atoms with Crippen LogP contribution in [0.3, 0.4) is 0 Å². The molecule has 0 unspecified atom stereocenters. The molecule has 174 valence electrons. The zero-order valence-electron chi connectivity index (χ0n) is 17.3. The van der Waals surface area contributed by atoms with E-state index in [1.165, 1.54) is 72.8 Å². The molecule has 10 heteroatoms. The van der Waals surface area contributed by atoms with Gasteiger partial charge in [-0.05, 0) is 83.9 Å². The summed E-state index contributed by atoms with van der Waals surface area (Å²) in [6, 6.07) is 24.2. The summed E-state index contributed by atoms with van der Waals surface area (Å²) in [5.41, 5.74) is 1.53. The van der Waals surface area contributed by atoms with E-state index in [2.05, 4.69) is 0 Å². The predicted octanol–water partition coefficient (Wildman–Crippen LogP) is 6.20. The van der Waals surface area contributed by atoms with Gasteiger partial charge in [-0.15, -0.1) is 0 Å². The van der Waals surface area contributed by atoms with Crippen LogP contribution in [-0.2, 0) is 20.2 Å². The van der Waals surface area contributed by atoms with Gasteiger partial charge in [0.25, 0.3) is 0 Å². The third-order valence-electron chi connectivity index (χ3n) is 4.66. The van der Waals surface area contributed by atoms with Crippen LogP contribution in [0.25, 0.3) is 11.1 Å². The van der Waals surface area contributed by atoms with Gasteiger partial charge in [0, 0.05) is 10.0 Å². The van der Waals surface area contributed by atoms with Crippen LogP contribution in [0, 0.1) is 0 Å². The molecule has 0 aromatic heterocycles. The van der Waals surface area contributed by atoms with Crippen molar-refractivity contribution in [3.63, 3.8) is 0 Å². The molecule has 0 heterocycles. The van der Waals surface area contributed by atoms with E-state index in [0.29, 0.717) is 10.0 Å². The molecule has 0 atom stereocenters. The van der Waals surface area contributed by atoms with Crippen LogP contribution < -0.4 is 8.37 Å². The molecule has 4 rings (SSSR count). The predicted molar refractivity (Wildman–Crippen MR) is 130 cm³/mol. The second-order valence-electron chi connectivity index (χ2n) is 7.03. The Kier molecular flexibility index (Phi) is 6.86. The maximum atomic E-state index is 12.4. The first-order valence-electron chi connectivity index (χ1n) is 9.73. The van der Waals surface area contributed by atoms with Gasteiger partial charge in [-0.2, -0.15) is 16.8 Å².